The van der Waals surface area contributed by atoms with E-state index in [4.69, 9.17) is 4.74 Å². The van der Waals surface area contributed by atoms with Gasteiger partial charge in [0.1, 0.15) is 0 Å². The minimum Gasteiger partial charge on any atom is -0.449 e. The van der Waals surface area contributed by atoms with Crippen molar-refractivity contribution in [3.63, 3.8) is 0 Å². The Morgan fingerprint density at radius 3 is 2.41 bits per heavy atom. The minimum atomic E-state index is -2.48. The number of esters is 1. The first-order valence-corrected chi connectivity index (χ1v) is 12.6. The van der Waals surface area contributed by atoms with Crippen molar-refractivity contribution in [1.29, 1.82) is 0 Å². The molecule has 2 N–H and O–H groups in total. The monoisotopic (exact) mass is 488 g/mol. The predicted octanol–water partition coefficient (Wildman–Crippen LogP) is 6.23. The molecule has 34 heavy (non-hydrogen) atoms. The molecule has 0 aliphatic heterocycles. The summed E-state index contributed by atoms with van der Waals surface area (Å²) in [7, 11) is 0. The Balaban J connectivity index is 1.35. The largest absolute Gasteiger partial charge is 0.449 e. The van der Waals surface area contributed by atoms with Gasteiger partial charge in [0.05, 0.1) is 11.3 Å². The zero-order valence-corrected chi connectivity index (χ0v) is 20.1. The van der Waals surface area contributed by atoms with Crippen molar-refractivity contribution in [2.45, 2.75) is 62.3 Å². The number of anilines is 2. The molecule has 2 aromatic rings. The van der Waals surface area contributed by atoms with Crippen LogP contribution in [0.15, 0.2) is 53.4 Å². The van der Waals surface area contributed by atoms with E-state index in [1.807, 2.05) is 6.92 Å². The highest BCUT2D eigenvalue weighted by atomic mass is 32.2. The second-order valence-corrected chi connectivity index (χ2v) is 10.3. The normalized spacial score (nSPS) is 22.9. The molecule has 2 aliphatic carbocycles. The number of amides is 1. The molecule has 8 heteroatoms. The highest BCUT2D eigenvalue weighted by Crippen LogP contribution is 2.49. The molecular formula is C26H30F2N2O3S. The number of hydrogen-bond donors (Lipinski definition) is 2. The average Bonchev–Trinajstić information content (AvgIpc) is 3.44. The molecule has 2 aliphatic rings. The number of halogens is 2. The fourth-order valence-corrected chi connectivity index (χ4v) is 5.78. The number of nitrogens with one attached hydrogen (secondary N) is 2. The molecule has 0 heterocycles. The van der Waals surface area contributed by atoms with Gasteiger partial charge in [0.25, 0.3) is 11.7 Å². The Hall–Kier alpha value is -2.61. The first-order valence-electron chi connectivity index (χ1n) is 11.7. The fraction of sp³-hybridized carbons (Fsp3) is 0.462. The van der Waals surface area contributed by atoms with E-state index in [9.17, 15) is 18.4 Å². The summed E-state index contributed by atoms with van der Waals surface area (Å²) in [5.41, 5.74) is 1.43. The standard InChI is InChI=1S/C26H30F2N2O3S/c1-15(22-14-17-7-8-18(22)13-17)29-24(31)16(2)33-25(32)21-5-3-4-6-23(21)30-19-9-11-20(12-10-19)34-26(27)28/h3-6,9-12,15-18,22,26,30H,7-8,13-14H2,1-2H3,(H,29,31)/t15-,16+,17+,18+,22+/m1/s1. The van der Waals surface area contributed by atoms with Gasteiger partial charge in [0.2, 0.25) is 0 Å². The van der Waals surface area contributed by atoms with Crippen LogP contribution in [0, 0.1) is 17.8 Å². The Kier molecular flexibility index (Phi) is 7.76. The maximum Gasteiger partial charge on any atom is 0.341 e. The Morgan fingerprint density at radius 1 is 1.03 bits per heavy atom. The topological polar surface area (TPSA) is 67.4 Å². The van der Waals surface area contributed by atoms with Crippen molar-refractivity contribution in [2.75, 3.05) is 5.32 Å². The Morgan fingerprint density at radius 2 is 1.76 bits per heavy atom. The number of fused-ring (bicyclic) bond motifs is 2. The number of rotatable bonds is 9. The summed E-state index contributed by atoms with van der Waals surface area (Å²) >= 11 is 0.473. The Labute approximate surface area is 203 Å². The number of hydrogen-bond acceptors (Lipinski definition) is 5. The number of alkyl halides is 2. The van der Waals surface area contributed by atoms with Gasteiger partial charge in [-0.25, -0.2) is 4.79 Å². The van der Waals surface area contributed by atoms with Crippen molar-refractivity contribution < 1.29 is 23.1 Å². The van der Waals surface area contributed by atoms with Crippen LogP contribution in [0.3, 0.4) is 0 Å². The molecule has 5 atom stereocenters. The van der Waals surface area contributed by atoms with Gasteiger partial charge in [-0.05, 0) is 87.3 Å². The lowest BCUT2D eigenvalue weighted by molar-refractivity contribution is -0.130. The number of ether oxygens (including phenoxy) is 1. The molecule has 1 amide bonds. The molecule has 2 bridgehead atoms. The van der Waals surface area contributed by atoms with E-state index in [0.717, 1.165) is 5.92 Å². The summed E-state index contributed by atoms with van der Waals surface area (Å²) in [6.45, 7) is 3.62. The van der Waals surface area contributed by atoms with Gasteiger partial charge in [-0.2, -0.15) is 8.78 Å². The molecule has 182 valence electrons. The Bertz CT molecular complexity index is 1020. The maximum atomic E-state index is 12.9. The average molecular weight is 489 g/mol. The van der Waals surface area contributed by atoms with Crippen molar-refractivity contribution in [3.05, 3.63) is 54.1 Å². The SMILES string of the molecule is C[C@H](OC(=O)c1ccccc1Nc1ccc(SC(F)F)cc1)C(=O)N[C@H](C)[C@@H]1C[C@H]2CC[C@H]1C2. The summed E-state index contributed by atoms with van der Waals surface area (Å²) < 4.78 is 30.5. The molecule has 0 radical (unpaired) electrons. The number of para-hydroxylation sites is 1. The van der Waals surface area contributed by atoms with Crippen LogP contribution in [-0.2, 0) is 9.53 Å². The van der Waals surface area contributed by atoms with Gasteiger partial charge in [-0.3, -0.25) is 4.79 Å². The highest BCUT2D eigenvalue weighted by Gasteiger charge is 2.42. The number of carbonyl (C=O) groups excluding carboxylic acids is 2. The molecule has 5 nitrogen and oxygen atoms in total. The maximum absolute atomic E-state index is 12.9. The lowest BCUT2D eigenvalue weighted by Crippen LogP contribution is -2.45. The van der Waals surface area contributed by atoms with Gasteiger partial charge >= 0.3 is 5.97 Å². The van der Waals surface area contributed by atoms with Crippen LogP contribution in [0.5, 0.6) is 0 Å². The third-order valence-corrected chi connectivity index (χ3v) is 7.69. The van der Waals surface area contributed by atoms with Crippen molar-refractivity contribution in [2.24, 2.45) is 17.8 Å². The molecule has 2 fully saturated rings. The van der Waals surface area contributed by atoms with E-state index >= 15 is 0 Å². The van der Waals surface area contributed by atoms with E-state index in [1.54, 1.807) is 55.5 Å². The summed E-state index contributed by atoms with van der Waals surface area (Å²) in [5, 5.41) is 6.17. The van der Waals surface area contributed by atoms with Gasteiger partial charge in [0, 0.05) is 16.6 Å². The van der Waals surface area contributed by atoms with Crippen molar-refractivity contribution >= 4 is 35.0 Å². The van der Waals surface area contributed by atoms with E-state index in [1.165, 1.54) is 25.7 Å². The van der Waals surface area contributed by atoms with Gasteiger partial charge in [-0.15, -0.1) is 0 Å². The quantitative estimate of drug-likeness (QED) is 0.323. The third-order valence-electron chi connectivity index (χ3n) is 6.96. The van der Waals surface area contributed by atoms with Crippen LogP contribution in [-0.4, -0.2) is 29.8 Å². The number of thioether (sulfide) groups is 1. The van der Waals surface area contributed by atoms with Crippen LogP contribution in [0.25, 0.3) is 0 Å². The summed E-state index contributed by atoms with van der Waals surface area (Å²) in [4.78, 5) is 26.0. The van der Waals surface area contributed by atoms with E-state index < -0.39 is 17.8 Å². The summed E-state index contributed by atoms with van der Waals surface area (Å²) in [6.07, 6.45) is 4.07. The lowest BCUT2D eigenvalue weighted by Gasteiger charge is -2.29. The second-order valence-electron chi connectivity index (χ2n) is 9.26. The zero-order chi connectivity index (χ0) is 24.2. The molecule has 2 aromatic carbocycles. The van der Waals surface area contributed by atoms with Crippen LogP contribution >= 0.6 is 11.8 Å². The van der Waals surface area contributed by atoms with Crippen LogP contribution in [0.1, 0.15) is 49.9 Å². The van der Waals surface area contributed by atoms with E-state index in [-0.39, 0.29) is 17.5 Å². The van der Waals surface area contributed by atoms with Crippen molar-refractivity contribution in [1.82, 2.24) is 5.32 Å². The van der Waals surface area contributed by atoms with E-state index in [2.05, 4.69) is 10.6 Å². The summed E-state index contributed by atoms with van der Waals surface area (Å²) in [5.74, 6) is -1.39. The fourth-order valence-electron chi connectivity index (χ4n) is 5.28. The smallest absolute Gasteiger partial charge is 0.341 e. The van der Waals surface area contributed by atoms with Crippen LogP contribution < -0.4 is 10.6 Å². The molecule has 2 saturated carbocycles. The van der Waals surface area contributed by atoms with Gasteiger partial charge in [-0.1, -0.05) is 30.3 Å². The first kappa shape index (κ1) is 24.5. The molecule has 0 aromatic heterocycles. The van der Waals surface area contributed by atoms with Gasteiger partial charge < -0.3 is 15.4 Å². The number of benzene rings is 2. The molecule has 4 rings (SSSR count). The molecular weight excluding hydrogens is 458 g/mol. The van der Waals surface area contributed by atoms with Crippen LogP contribution in [0.4, 0.5) is 20.2 Å². The predicted molar refractivity (Wildman–Crippen MR) is 129 cm³/mol. The highest BCUT2D eigenvalue weighted by molar-refractivity contribution is 7.99. The molecule has 0 spiro atoms. The third kappa shape index (κ3) is 5.90. The van der Waals surface area contributed by atoms with Crippen LogP contribution in [0.2, 0.25) is 0 Å². The van der Waals surface area contributed by atoms with Crippen molar-refractivity contribution in [3.8, 4) is 0 Å². The molecule has 0 unspecified atom stereocenters. The lowest BCUT2D eigenvalue weighted by atomic mass is 9.84. The summed E-state index contributed by atoms with van der Waals surface area (Å²) in [6, 6.07) is 13.4. The second kappa shape index (κ2) is 10.8. The first-order chi connectivity index (χ1) is 16.3. The van der Waals surface area contributed by atoms with E-state index in [0.29, 0.717) is 39.9 Å². The zero-order valence-electron chi connectivity index (χ0n) is 19.3. The van der Waals surface area contributed by atoms with Gasteiger partial charge in [0.15, 0.2) is 6.10 Å². The molecule has 0 saturated heterocycles. The minimum absolute atomic E-state index is 0.0594. The number of carbonyl (C=O) groups is 2.